The van der Waals surface area contributed by atoms with Gasteiger partial charge in [-0.1, -0.05) is 13.0 Å². The average molecular weight is 257 g/mol. The topological polar surface area (TPSA) is 53.0 Å². The molecule has 0 radical (unpaired) electrons. The predicted molar refractivity (Wildman–Crippen MR) is 77.5 cm³/mol. The maximum atomic E-state index is 8.91. The van der Waals surface area contributed by atoms with Gasteiger partial charge in [-0.05, 0) is 55.5 Å². The molecule has 0 aliphatic carbocycles. The first-order valence-corrected chi connectivity index (χ1v) is 7.09. The largest absolute Gasteiger partial charge is 0.329 e. The van der Waals surface area contributed by atoms with E-state index in [1.54, 1.807) is 0 Å². The molecule has 1 aromatic carbocycles. The number of hydrogen-bond donors (Lipinski definition) is 1. The zero-order valence-corrected chi connectivity index (χ0v) is 11.9. The summed E-state index contributed by atoms with van der Waals surface area (Å²) in [6.07, 6.45) is 2.54. The lowest BCUT2D eigenvalue weighted by molar-refractivity contribution is 0.0989. The molecule has 19 heavy (non-hydrogen) atoms. The second-order valence-corrected chi connectivity index (χ2v) is 5.65. The lowest BCUT2D eigenvalue weighted by Gasteiger charge is -2.39. The maximum Gasteiger partial charge on any atom is 0.0991 e. The Kier molecular flexibility index (Phi) is 4.57. The molecular formula is C16H23N3. The van der Waals surface area contributed by atoms with Gasteiger partial charge in [0.25, 0.3) is 0 Å². The van der Waals surface area contributed by atoms with Gasteiger partial charge in [-0.2, -0.15) is 5.26 Å². The number of nitriles is 1. The summed E-state index contributed by atoms with van der Waals surface area (Å²) in [4.78, 5) is 2.50. The van der Waals surface area contributed by atoms with E-state index in [0.717, 1.165) is 25.2 Å². The molecule has 102 valence electrons. The van der Waals surface area contributed by atoms with Crippen molar-refractivity contribution in [2.24, 2.45) is 11.7 Å². The van der Waals surface area contributed by atoms with Crippen molar-refractivity contribution in [3.63, 3.8) is 0 Å². The van der Waals surface area contributed by atoms with Crippen LogP contribution in [0.1, 0.15) is 36.5 Å². The highest BCUT2D eigenvalue weighted by molar-refractivity contribution is 5.37. The van der Waals surface area contributed by atoms with Crippen molar-refractivity contribution in [1.82, 2.24) is 4.90 Å². The third kappa shape index (κ3) is 3.15. The summed E-state index contributed by atoms with van der Waals surface area (Å²) < 4.78 is 0. The standard InChI is InChI=1S/C16H23N3/c1-12-4-3-7-19(16(12)10-18)11-15-6-5-14(9-17)8-13(15)2/h5-6,8,12,16H,3-4,7,10-11,18H2,1-2H3. The van der Waals surface area contributed by atoms with Crippen LogP contribution in [0.25, 0.3) is 0 Å². The van der Waals surface area contributed by atoms with Crippen LogP contribution in [0.2, 0.25) is 0 Å². The average Bonchev–Trinajstić information content (AvgIpc) is 2.41. The van der Waals surface area contributed by atoms with Gasteiger partial charge in [0, 0.05) is 19.1 Å². The molecule has 0 bridgehead atoms. The number of nitrogens with two attached hydrogens (primary N) is 1. The van der Waals surface area contributed by atoms with Gasteiger partial charge in [-0.3, -0.25) is 4.90 Å². The van der Waals surface area contributed by atoms with Gasteiger partial charge in [0.05, 0.1) is 11.6 Å². The van der Waals surface area contributed by atoms with Crippen molar-refractivity contribution in [3.05, 3.63) is 34.9 Å². The minimum Gasteiger partial charge on any atom is -0.329 e. The fourth-order valence-electron chi connectivity index (χ4n) is 3.07. The summed E-state index contributed by atoms with van der Waals surface area (Å²) in [5, 5.41) is 8.91. The summed E-state index contributed by atoms with van der Waals surface area (Å²) in [5.41, 5.74) is 9.19. The zero-order valence-electron chi connectivity index (χ0n) is 11.9. The first kappa shape index (κ1) is 14.0. The molecule has 0 spiro atoms. The van der Waals surface area contributed by atoms with Gasteiger partial charge >= 0.3 is 0 Å². The Morgan fingerprint density at radius 1 is 1.47 bits per heavy atom. The van der Waals surface area contributed by atoms with Crippen LogP contribution >= 0.6 is 0 Å². The number of piperidine rings is 1. The molecule has 0 saturated carbocycles. The molecule has 1 heterocycles. The fourth-order valence-corrected chi connectivity index (χ4v) is 3.07. The Morgan fingerprint density at radius 2 is 2.26 bits per heavy atom. The number of likely N-dealkylation sites (tertiary alicyclic amines) is 1. The lowest BCUT2D eigenvalue weighted by Crippen LogP contribution is -2.48. The highest BCUT2D eigenvalue weighted by Crippen LogP contribution is 2.25. The van der Waals surface area contributed by atoms with E-state index in [4.69, 9.17) is 11.0 Å². The van der Waals surface area contributed by atoms with Crippen LogP contribution in [0, 0.1) is 24.2 Å². The van der Waals surface area contributed by atoms with Crippen molar-refractivity contribution in [2.75, 3.05) is 13.1 Å². The fraction of sp³-hybridized carbons (Fsp3) is 0.562. The first-order valence-electron chi connectivity index (χ1n) is 7.09. The van der Waals surface area contributed by atoms with E-state index in [2.05, 4.69) is 30.9 Å². The molecule has 3 heteroatoms. The van der Waals surface area contributed by atoms with Gasteiger partial charge in [-0.25, -0.2) is 0 Å². The molecule has 1 saturated heterocycles. The molecule has 0 amide bonds. The van der Waals surface area contributed by atoms with E-state index in [-0.39, 0.29) is 0 Å². The van der Waals surface area contributed by atoms with Crippen LogP contribution in [0.4, 0.5) is 0 Å². The molecule has 2 rings (SSSR count). The molecule has 0 aromatic heterocycles. The number of benzene rings is 1. The van der Waals surface area contributed by atoms with Crippen LogP contribution in [0.15, 0.2) is 18.2 Å². The minimum atomic E-state index is 0.490. The molecule has 2 unspecified atom stereocenters. The Morgan fingerprint density at radius 3 is 2.89 bits per heavy atom. The predicted octanol–water partition coefficient (Wildman–Crippen LogP) is 2.43. The molecule has 2 atom stereocenters. The van der Waals surface area contributed by atoms with Crippen molar-refractivity contribution in [1.29, 1.82) is 5.26 Å². The first-order chi connectivity index (χ1) is 9.15. The van der Waals surface area contributed by atoms with E-state index in [9.17, 15) is 0 Å². The summed E-state index contributed by atoms with van der Waals surface area (Å²) in [7, 11) is 0. The van der Waals surface area contributed by atoms with Crippen molar-refractivity contribution >= 4 is 0 Å². The Labute approximate surface area is 116 Å². The molecule has 1 aliphatic heterocycles. The molecule has 1 aromatic rings. The van der Waals surface area contributed by atoms with E-state index in [0.29, 0.717) is 12.0 Å². The molecular weight excluding hydrogens is 234 g/mol. The molecule has 1 fully saturated rings. The van der Waals surface area contributed by atoms with E-state index in [1.807, 2.05) is 12.1 Å². The van der Waals surface area contributed by atoms with Gasteiger partial charge in [0.1, 0.15) is 0 Å². The van der Waals surface area contributed by atoms with Crippen molar-refractivity contribution in [3.8, 4) is 6.07 Å². The number of aryl methyl sites for hydroxylation is 1. The third-order valence-electron chi connectivity index (χ3n) is 4.32. The van der Waals surface area contributed by atoms with Crippen LogP contribution in [-0.4, -0.2) is 24.0 Å². The van der Waals surface area contributed by atoms with E-state index < -0.39 is 0 Å². The minimum absolute atomic E-state index is 0.490. The number of hydrogen-bond acceptors (Lipinski definition) is 3. The summed E-state index contributed by atoms with van der Waals surface area (Å²) in [6, 6.07) is 8.65. The Bertz CT molecular complexity index is 475. The second-order valence-electron chi connectivity index (χ2n) is 5.65. The van der Waals surface area contributed by atoms with E-state index in [1.165, 1.54) is 24.0 Å². The molecule has 2 N–H and O–H groups in total. The normalized spacial score (nSPS) is 24.1. The third-order valence-corrected chi connectivity index (χ3v) is 4.32. The Hall–Kier alpha value is -1.37. The van der Waals surface area contributed by atoms with Crippen LogP contribution in [0.5, 0.6) is 0 Å². The maximum absolute atomic E-state index is 8.91. The summed E-state index contributed by atoms with van der Waals surface area (Å²) in [6.45, 7) is 7.20. The van der Waals surface area contributed by atoms with Crippen LogP contribution in [0.3, 0.4) is 0 Å². The number of nitrogens with zero attached hydrogens (tertiary/aromatic N) is 2. The van der Waals surface area contributed by atoms with Gasteiger partial charge in [0.15, 0.2) is 0 Å². The van der Waals surface area contributed by atoms with Crippen molar-refractivity contribution in [2.45, 2.75) is 39.3 Å². The van der Waals surface area contributed by atoms with Crippen molar-refractivity contribution < 1.29 is 0 Å². The van der Waals surface area contributed by atoms with Crippen LogP contribution in [-0.2, 0) is 6.54 Å². The highest BCUT2D eigenvalue weighted by Gasteiger charge is 2.27. The molecule has 3 nitrogen and oxygen atoms in total. The van der Waals surface area contributed by atoms with E-state index >= 15 is 0 Å². The van der Waals surface area contributed by atoms with Gasteiger partial charge in [0.2, 0.25) is 0 Å². The van der Waals surface area contributed by atoms with Gasteiger partial charge < -0.3 is 5.73 Å². The second kappa shape index (κ2) is 6.18. The lowest BCUT2D eigenvalue weighted by atomic mass is 9.90. The highest BCUT2D eigenvalue weighted by atomic mass is 15.2. The quantitative estimate of drug-likeness (QED) is 0.904. The van der Waals surface area contributed by atoms with Gasteiger partial charge in [-0.15, -0.1) is 0 Å². The summed E-state index contributed by atoms with van der Waals surface area (Å²) >= 11 is 0. The zero-order chi connectivity index (χ0) is 13.8. The SMILES string of the molecule is Cc1cc(C#N)ccc1CN1CCCC(C)C1CN. The summed E-state index contributed by atoms with van der Waals surface area (Å²) in [5.74, 6) is 0.678. The monoisotopic (exact) mass is 257 g/mol. The van der Waals surface area contributed by atoms with Crippen LogP contribution < -0.4 is 5.73 Å². The smallest absolute Gasteiger partial charge is 0.0991 e. The Balaban J connectivity index is 2.14. The number of rotatable bonds is 3. The molecule has 1 aliphatic rings.